The predicted molar refractivity (Wildman–Crippen MR) is 94.5 cm³/mol. The highest BCUT2D eigenvalue weighted by molar-refractivity contribution is 6.30. The molecular weight excluding hydrogens is 353 g/mol. The van der Waals surface area contributed by atoms with Gasteiger partial charge in [-0.3, -0.25) is 9.59 Å². The van der Waals surface area contributed by atoms with Crippen LogP contribution in [0, 0.1) is 11.8 Å². The van der Waals surface area contributed by atoms with Crippen molar-refractivity contribution < 1.29 is 14.7 Å². The van der Waals surface area contributed by atoms with E-state index in [0.717, 1.165) is 5.69 Å². The van der Waals surface area contributed by atoms with Crippen molar-refractivity contribution in [1.29, 1.82) is 0 Å². The number of nitrogens with one attached hydrogen (secondary N) is 2. The van der Waals surface area contributed by atoms with Crippen molar-refractivity contribution in [3.05, 3.63) is 29.3 Å². The van der Waals surface area contributed by atoms with E-state index < -0.39 is 6.10 Å². The Labute approximate surface area is 152 Å². The summed E-state index contributed by atoms with van der Waals surface area (Å²) in [5.41, 5.74) is 0.755. The Morgan fingerprint density at radius 2 is 2.04 bits per heavy atom. The molecule has 1 aromatic rings. The van der Waals surface area contributed by atoms with Crippen molar-refractivity contribution in [2.45, 2.75) is 12.5 Å². The molecule has 6 nitrogen and oxygen atoms in total. The number of benzene rings is 1. The molecule has 24 heavy (non-hydrogen) atoms. The van der Waals surface area contributed by atoms with Crippen LogP contribution in [-0.2, 0) is 9.59 Å². The van der Waals surface area contributed by atoms with E-state index in [1.807, 2.05) is 0 Å². The molecular formula is C16H21Cl2N3O3. The number of amides is 2. The number of halogens is 2. The fourth-order valence-corrected chi connectivity index (χ4v) is 3.18. The highest BCUT2D eigenvalue weighted by Crippen LogP contribution is 2.26. The number of carbonyl (C=O) groups excluding carboxylic acids is 2. The van der Waals surface area contributed by atoms with Gasteiger partial charge in [-0.05, 0) is 24.3 Å². The molecule has 2 aliphatic heterocycles. The van der Waals surface area contributed by atoms with Crippen LogP contribution in [0.3, 0.4) is 0 Å². The largest absolute Gasteiger partial charge is 0.391 e. The lowest BCUT2D eigenvalue weighted by molar-refractivity contribution is -0.126. The second kappa shape index (κ2) is 8.16. The summed E-state index contributed by atoms with van der Waals surface area (Å²) in [4.78, 5) is 26.0. The van der Waals surface area contributed by atoms with Crippen LogP contribution in [0.5, 0.6) is 0 Å². The molecule has 2 saturated heterocycles. The quantitative estimate of drug-likeness (QED) is 0.729. The van der Waals surface area contributed by atoms with E-state index in [-0.39, 0.29) is 42.5 Å². The fourth-order valence-electron chi connectivity index (χ4n) is 3.06. The zero-order valence-corrected chi connectivity index (χ0v) is 14.6. The van der Waals surface area contributed by atoms with Crippen molar-refractivity contribution in [2.24, 2.45) is 11.8 Å². The first kappa shape index (κ1) is 19.0. The number of nitrogens with zero attached hydrogens (tertiary/aromatic N) is 1. The van der Waals surface area contributed by atoms with Crippen molar-refractivity contribution in [3.8, 4) is 0 Å². The average molecular weight is 374 g/mol. The van der Waals surface area contributed by atoms with E-state index in [4.69, 9.17) is 11.6 Å². The standard InChI is InChI=1S/C16H20ClN3O3.ClH/c17-12-1-3-13(4-2-12)20-9-10(5-15(20)22)16(23)19-7-11-6-18-8-14(11)21;/h1-4,10-11,14,18,21H,5-9H2,(H,19,23);1H. The summed E-state index contributed by atoms with van der Waals surface area (Å²) < 4.78 is 0. The van der Waals surface area contributed by atoms with Gasteiger partial charge in [0.25, 0.3) is 0 Å². The predicted octanol–water partition coefficient (Wildman–Crippen LogP) is 0.811. The Hall–Kier alpha value is -1.34. The number of rotatable bonds is 4. The average Bonchev–Trinajstić information content (AvgIpc) is 3.12. The third-order valence-electron chi connectivity index (χ3n) is 4.48. The van der Waals surface area contributed by atoms with Crippen LogP contribution in [-0.4, -0.2) is 49.2 Å². The highest BCUT2D eigenvalue weighted by atomic mass is 35.5. The van der Waals surface area contributed by atoms with Crippen LogP contribution < -0.4 is 15.5 Å². The van der Waals surface area contributed by atoms with Gasteiger partial charge in [0, 0.05) is 49.2 Å². The van der Waals surface area contributed by atoms with Gasteiger partial charge in [0.2, 0.25) is 11.8 Å². The maximum atomic E-state index is 12.3. The number of β-amino-alcohol motifs (C(OH)–C–C–N with tert-alkyl or cyclic N) is 1. The maximum Gasteiger partial charge on any atom is 0.227 e. The summed E-state index contributed by atoms with van der Waals surface area (Å²) in [7, 11) is 0. The van der Waals surface area contributed by atoms with Gasteiger partial charge >= 0.3 is 0 Å². The molecule has 0 spiro atoms. The molecule has 0 bridgehead atoms. The fraction of sp³-hybridized carbons (Fsp3) is 0.500. The first-order chi connectivity index (χ1) is 11.0. The topological polar surface area (TPSA) is 81.7 Å². The van der Waals surface area contributed by atoms with E-state index in [0.29, 0.717) is 31.2 Å². The number of aliphatic hydroxyl groups is 1. The lowest BCUT2D eigenvalue weighted by Gasteiger charge is -2.18. The number of hydrogen-bond donors (Lipinski definition) is 3. The Morgan fingerprint density at radius 1 is 1.33 bits per heavy atom. The van der Waals surface area contributed by atoms with Gasteiger partial charge in [0.15, 0.2) is 0 Å². The number of carbonyl (C=O) groups is 2. The molecule has 2 amide bonds. The summed E-state index contributed by atoms with van der Waals surface area (Å²) in [6.45, 7) is 2.06. The van der Waals surface area contributed by atoms with Gasteiger partial charge in [0.05, 0.1) is 12.0 Å². The van der Waals surface area contributed by atoms with E-state index in [2.05, 4.69) is 10.6 Å². The lowest BCUT2D eigenvalue weighted by atomic mass is 10.0. The SMILES string of the molecule is Cl.O=C(NCC1CNCC1O)C1CC(=O)N(c2ccc(Cl)cc2)C1. The van der Waals surface area contributed by atoms with Crippen molar-refractivity contribution >= 4 is 41.5 Å². The summed E-state index contributed by atoms with van der Waals surface area (Å²) >= 11 is 5.86. The minimum Gasteiger partial charge on any atom is -0.391 e. The first-order valence-corrected chi connectivity index (χ1v) is 8.15. The first-order valence-electron chi connectivity index (χ1n) is 7.77. The normalized spacial score (nSPS) is 26.3. The number of anilines is 1. The van der Waals surface area contributed by atoms with Gasteiger partial charge in [-0.2, -0.15) is 0 Å². The van der Waals surface area contributed by atoms with Gasteiger partial charge < -0.3 is 20.6 Å². The molecule has 2 aliphatic rings. The molecule has 0 aromatic heterocycles. The van der Waals surface area contributed by atoms with Crippen LogP contribution in [0.2, 0.25) is 5.02 Å². The molecule has 0 radical (unpaired) electrons. The molecule has 132 valence electrons. The van der Waals surface area contributed by atoms with Crippen LogP contribution >= 0.6 is 24.0 Å². The van der Waals surface area contributed by atoms with Crippen molar-refractivity contribution in [3.63, 3.8) is 0 Å². The Kier molecular flexibility index (Phi) is 6.46. The zero-order chi connectivity index (χ0) is 16.4. The Morgan fingerprint density at radius 3 is 2.67 bits per heavy atom. The van der Waals surface area contributed by atoms with E-state index in [9.17, 15) is 14.7 Å². The summed E-state index contributed by atoms with van der Waals surface area (Å²) in [5, 5.41) is 16.3. The summed E-state index contributed by atoms with van der Waals surface area (Å²) in [5.74, 6) is -0.517. The molecule has 3 rings (SSSR count). The van der Waals surface area contributed by atoms with Crippen molar-refractivity contribution in [2.75, 3.05) is 31.1 Å². The Bertz CT molecular complexity index is 597. The summed E-state index contributed by atoms with van der Waals surface area (Å²) in [6, 6.07) is 7.01. The van der Waals surface area contributed by atoms with Gasteiger partial charge in [-0.1, -0.05) is 11.6 Å². The molecule has 3 atom stereocenters. The molecule has 3 N–H and O–H groups in total. The Balaban J connectivity index is 0.00000208. The molecule has 0 saturated carbocycles. The maximum absolute atomic E-state index is 12.3. The molecule has 2 heterocycles. The number of hydrogen-bond acceptors (Lipinski definition) is 4. The third-order valence-corrected chi connectivity index (χ3v) is 4.73. The van der Waals surface area contributed by atoms with E-state index in [1.54, 1.807) is 29.2 Å². The van der Waals surface area contributed by atoms with Crippen molar-refractivity contribution in [1.82, 2.24) is 10.6 Å². The van der Waals surface area contributed by atoms with Crippen LogP contribution in [0.15, 0.2) is 24.3 Å². The lowest BCUT2D eigenvalue weighted by Crippen LogP contribution is -2.38. The van der Waals surface area contributed by atoms with E-state index in [1.165, 1.54) is 0 Å². The second-order valence-electron chi connectivity index (χ2n) is 6.11. The third kappa shape index (κ3) is 4.19. The molecule has 3 unspecified atom stereocenters. The van der Waals surface area contributed by atoms with Gasteiger partial charge in [0.1, 0.15) is 0 Å². The smallest absolute Gasteiger partial charge is 0.227 e. The highest BCUT2D eigenvalue weighted by Gasteiger charge is 2.35. The minimum absolute atomic E-state index is 0. The monoisotopic (exact) mass is 373 g/mol. The molecule has 1 aromatic carbocycles. The minimum atomic E-state index is -0.425. The van der Waals surface area contributed by atoms with Crippen LogP contribution in [0.4, 0.5) is 5.69 Å². The molecule has 0 aliphatic carbocycles. The van der Waals surface area contributed by atoms with Crippen LogP contribution in [0.1, 0.15) is 6.42 Å². The summed E-state index contributed by atoms with van der Waals surface area (Å²) in [6.07, 6.45) is -0.217. The van der Waals surface area contributed by atoms with Crippen LogP contribution in [0.25, 0.3) is 0 Å². The molecule has 8 heteroatoms. The number of aliphatic hydroxyl groups excluding tert-OH is 1. The van der Waals surface area contributed by atoms with Gasteiger partial charge in [-0.15, -0.1) is 12.4 Å². The van der Waals surface area contributed by atoms with E-state index >= 15 is 0 Å². The zero-order valence-electron chi connectivity index (χ0n) is 13.1. The second-order valence-corrected chi connectivity index (χ2v) is 6.55. The van der Waals surface area contributed by atoms with Gasteiger partial charge in [-0.25, -0.2) is 0 Å². The molecule has 2 fully saturated rings.